The van der Waals surface area contributed by atoms with Gasteiger partial charge in [0, 0.05) is 29.9 Å². The number of amides is 1. The van der Waals surface area contributed by atoms with Crippen LogP contribution in [0, 0.1) is 6.92 Å². The number of fused-ring (bicyclic) bond motifs is 1. The number of aromatic nitrogens is 4. The normalized spacial score (nSPS) is 16.2. The Morgan fingerprint density at radius 1 is 1.16 bits per heavy atom. The minimum absolute atomic E-state index is 0.0895. The molecule has 0 saturated heterocycles. The van der Waals surface area contributed by atoms with E-state index in [1.165, 1.54) is 4.68 Å². The van der Waals surface area contributed by atoms with Gasteiger partial charge in [-0.3, -0.25) is 9.59 Å². The summed E-state index contributed by atoms with van der Waals surface area (Å²) in [4.78, 5) is 33.5. The highest BCUT2D eigenvalue weighted by atomic mass is 16.2. The molecule has 2 aromatic heterocycles. The van der Waals surface area contributed by atoms with Crippen LogP contribution in [0.3, 0.4) is 0 Å². The number of anilines is 1. The average molecular weight is 333 g/mol. The standard InChI is InChI=1S/C18H15N5O2/c1-11-15-13(16(25)12-6-3-2-4-7-12)10-14(24)21-17(15)23(22-11)18-19-8-5-9-20-18/h2-9,13H,10H2,1H3,(H,21,24)/t13-/m0/s1. The minimum Gasteiger partial charge on any atom is -0.310 e. The minimum atomic E-state index is -0.566. The van der Waals surface area contributed by atoms with Crippen molar-refractivity contribution in [2.24, 2.45) is 0 Å². The van der Waals surface area contributed by atoms with Crippen molar-refractivity contribution in [2.75, 3.05) is 5.32 Å². The van der Waals surface area contributed by atoms with Crippen molar-refractivity contribution < 1.29 is 9.59 Å². The Morgan fingerprint density at radius 2 is 1.88 bits per heavy atom. The van der Waals surface area contributed by atoms with Crippen molar-refractivity contribution in [3.8, 4) is 5.95 Å². The molecule has 0 radical (unpaired) electrons. The molecule has 0 saturated carbocycles. The van der Waals surface area contributed by atoms with Gasteiger partial charge >= 0.3 is 0 Å². The van der Waals surface area contributed by atoms with E-state index in [1.807, 2.05) is 25.1 Å². The van der Waals surface area contributed by atoms with Gasteiger partial charge in [0.05, 0.1) is 11.6 Å². The Labute approximate surface area is 143 Å². The summed E-state index contributed by atoms with van der Waals surface area (Å²) >= 11 is 0. The van der Waals surface area contributed by atoms with E-state index in [9.17, 15) is 9.59 Å². The number of carbonyl (C=O) groups excluding carboxylic acids is 2. The summed E-state index contributed by atoms with van der Waals surface area (Å²) in [6.07, 6.45) is 3.30. The molecule has 0 fully saturated rings. The molecule has 1 amide bonds. The maximum absolute atomic E-state index is 13.0. The van der Waals surface area contributed by atoms with Crippen LogP contribution in [0.2, 0.25) is 0 Å². The number of aryl methyl sites for hydroxylation is 1. The van der Waals surface area contributed by atoms with Crippen LogP contribution in [0.5, 0.6) is 0 Å². The van der Waals surface area contributed by atoms with Crippen molar-refractivity contribution >= 4 is 17.5 Å². The van der Waals surface area contributed by atoms with E-state index in [1.54, 1.807) is 30.6 Å². The molecule has 4 rings (SSSR count). The summed E-state index contributed by atoms with van der Waals surface area (Å²) in [5.74, 6) is -0.0648. The molecule has 0 aliphatic carbocycles. The number of rotatable bonds is 3. The number of nitrogens with zero attached hydrogens (tertiary/aromatic N) is 4. The van der Waals surface area contributed by atoms with Crippen molar-refractivity contribution in [1.29, 1.82) is 0 Å². The molecule has 0 spiro atoms. The van der Waals surface area contributed by atoms with Gasteiger partial charge in [0.2, 0.25) is 5.91 Å². The molecule has 7 nitrogen and oxygen atoms in total. The van der Waals surface area contributed by atoms with Gasteiger partial charge in [-0.15, -0.1) is 0 Å². The zero-order valence-corrected chi connectivity index (χ0v) is 13.5. The smallest absolute Gasteiger partial charge is 0.252 e. The van der Waals surface area contributed by atoms with E-state index in [0.29, 0.717) is 23.0 Å². The highest BCUT2D eigenvalue weighted by Crippen LogP contribution is 2.37. The van der Waals surface area contributed by atoms with Crippen LogP contribution >= 0.6 is 0 Å². The third-order valence-electron chi connectivity index (χ3n) is 4.22. The molecule has 124 valence electrons. The summed E-state index contributed by atoms with van der Waals surface area (Å²) < 4.78 is 1.48. The van der Waals surface area contributed by atoms with Gasteiger partial charge in [-0.2, -0.15) is 9.78 Å². The lowest BCUT2D eigenvalue weighted by atomic mass is 9.85. The molecule has 1 aromatic carbocycles. The number of hydrogen-bond donors (Lipinski definition) is 1. The van der Waals surface area contributed by atoms with Gasteiger partial charge in [0.25, 0.3) is 5.95 Å². The third kappa shape index (κ3) is 2.59. The molecule has 25 heavy (non-hydrogen) atoms. The first-order chi connectivity index (χ1) is 12.1. The summed E-state index contributed by atoms with van der Waals surface area (Å²) in [7, 11) is 0. The Morgan fingerprint density at radius 3 is 2.60 bits per heavy atom. The second kappa shape index (κ2) is 5.94. The van der Waals surface area contributed by atoms with Crippen LogP contribution in [0.4, 0.5) is 5.82 Å². The first-order valence-corrected chi connectivity index (χ1v) is 7.91. The van der Waals surface area contributed by atoms with E-state index in [4.69, 9.17) is 0 Å². The van der Waals surface area contributed by atoms with Crippen LogP contribution in [0.15, 0.2) is 48.8 Å². The van der Waals surface area contributed by atoms with Crippen molar-refractivity contribution in [3.05, 3.63) is 65.6 Å². The van der Waals surface area contributed by atoms with Crippen molar-refractivity contribution in [3.63, 3.8) is 0 Å². The second-order valence-electron chi connectivity index (χ2n) is 5.84. The number of hydrogen-bond acceptors (Lipinski definition) is 5. The van der Waals surface area contributed by atoms with Gasteiger partial charge in [-0.05, 0) is 13.0 Å². The summed E-state index contributed by atoms with van der Waals surface area (Å²) in [6.45, 7) is 1.82. The van der Waals surface area contributed by atoms with Crippen molar-refractivity contribution in [1.82, 2.24) is 19.7 Å². The monoisotopic (exact) mass is 333 g/mol. The largest absolute Gasteiger partial charge is 0.310 e. The lowest BCUT2D eigenvalue weighted by Crippen LogP contribution is -2.28. The van der Waals surface area contributed by atoms with Gasteiger partial charge in [-0.1, -0.05) is 30.3 Å². The third-order valence-corrected chi connectivity index (χ3v) is 4.22. The Hall–Kier alpha value is -3.35. The second-order valence-corrected chi connectivity index (χ2v) is 5.84. The van der Waals surface area contributed by atoms with Crippen LogP contribution < -0.4 is 5.32 Å². The molecular formula is C18H15N5O2. The lowest BCUT2D eigenvalue weighted by Gasteiger charge is -2.22. The predicted octanol–water partition coefficient (Wildman–Crippen LogP) is 2.28. The Bertz CT molecular complexity index is 950. The fourth-order valence-corrected chi connectivity index (χ4v) is 3.12. The van der Waals surface area contributed by atoms with E-state index in [-0.39, 0.29) is 18.1 Å². The molecule has 0 unspecified atom stereocenters. The Balaban J connectivity index is 1.83. The number of ketones is 1. The first kappa shape index (κ1) is 15.2. The molecular weight excluding hydrogens is 318 g/mol. The van der Waals surface area contributed by atoms with Crippen LogP contribution in [-0.4, -0.2) is 31.4 Å². The number of Topliss-reactive ketones (excluding diaryl/α,β-unsaturated/α-hetero) is 1. The summed E-state index contributed by atoms with van der Waals surface area (Å²) in [5, 5.41) is 7.26. The number of benzene rings is 1. The number of carbonyl (C=O) groups is 2. The summed E-state index contributed by atoms with van der Waals surface area (Å²) in [5.41, 5.74) is 1.98. The van der Waals surface area contributed by atoms with Crippen LogP contribution in [0.1, 0.15) is 34.0 Å². The molecule has 0 bridgehead atoms. The SMILES string of the molecule is Cc1nn(-c2ncccn2)c2c1[C@@H](C(=O)c1ccccc1)CC(=O)N2. The zero-order valence-electron chi connectivity index (χ0n) is 13.5. The average Bonchev–Trinajstić information content (AvgIpc) is 2.98. The molecule has 7 heteroatoms. The van der Waals surface area contributed by atoms with Crippen molar-refractivity contribution in [2.45, 2.75) is 19.3 Å². The van der Waals surface area contributed by atoms with Gasteiger partial charge < -0.3 is 5.32 Å². The molecule has 1 atom stereocenters. The zero-order chi connectivity index (χ0) is 17.4. The molecule has 1 aliphatic heterocycles. The summed E-state index contributed by atoms with van der Waals surface area (Å²) in [6, 6.07) is 10.7. The molecule has 3 heterocycles. The predicted molar refractivity (Wildman–Crippen MR) is 90.7 cm³/mol. The highest BCUT2D eigenvalue weighted by molar-refractivity contribution is 6.07. The maximum atomic E-state index is 13.0. The fourth-order valence-electron chi connectivity index (χ4n) is 3.12. The molecule has 1 aliphatic rings. The van der Waals surface area contributed by atoms with E-state index in [2.05, 4.69) is 20.4 Å². The van der Waals surface area contributed by atoms with Gasteiger partial charge in [0.1, 0.15) is 5.82 Å². The van der Waals surface area contributed by atoms with Gasteiger partial charge in [0.15, 0.2) is 5.78 Å². The van der Waals surface area contributed by atoms with E-state index in [0.717, 1.165) is 5.56 Å². The fraction of sp³-hybridized carbons (Fsp3) is 0.167. The van der Waals surface area contributed by atoms with E-state index >= 15 is 0 Å². The maximum Gasteiger partial charge on any atom is 0.252 e. The quantitative estimate of drug-likeness (QED) is 0.743. The Kier molecular flexibility index (Phi) is 3.61. The van der Waals surface area contributed by atoms with E-state index < -0.39 is 5.92 Å². The molecule has 1 N–H and O–H groups in total. The highest BCUT2D eigenvalue weighted by Gasteiger charge is 2.36. The lowest BCUT2D eigenvalue weighted by molar-refractivity contribution is -0.116. The first-order valence-electron chi connectivity index (χ1n) is 7.91. The number of nitrogens with one attached hydrogen (secondary N) is 1. The molecule has 3 aromatic rings. The topological polar surface area (TPSA) is 89.8 Å². The van der Waals surface area contributed by atoms with Crippen LogP contribution in [-0.2, 0) is 4.79 Å². The van der Waals surface area contributed by atoms with Gasteiger partial charge in [-0.25, -0.2) is 9.97 Å². The van der Waals surface area contributed by atoms with Crippen LogP contribution in [0.25, 0.3) is 5.95 Å².